The van der Waals surface area contributed by atoms with Crippen LogP contribution in [0.5, 0.6) is 0 Å². The third-order valence-corrected chi connectivity index (χ3v) is 11.5. The first kappa shape index (κ1) is 32.7. The number of carbonyl (C=O) groups is 2. The molecule has 0 bridgehead atoms. The van der Waals surface area contributed by atoms with Crippen LogP contribution in [0.3, 0.4) is 0 Å². The maximum atomic E-state index is 14.7. The van der Waals surface area contributed by atoms with Crippen molar-refractivity contribution in [1.29, 1.82) is 0 Å². The van der Waals surface area contributed by atoms with Gasteiger partial charge < -0.3 is 0 Å². The highest BCUT2D eigenvalue weighted by molar-refractivity contribution is 8.00. The van der Waals surface area contributed by atoms with Crippen LogP contribution >= 0.6 is 46.9 Å². The highest BCUT2D eigenvalue weighted by atomic mass is 35.5. The monoisotopic (exact) mass is 678 g/mol. The Labute approximate surface area is 289 Å². The van der Waals surface area contributed by atoms with Gasteiger partial charge >= 0.3 is 0 Å². The SMILES string of the molecule is CC(C)(C)c1ccc(Sc2ccc(Sc3ccc(C(C)(C)C)cc3)c3c2C(=O)c2cccc(Sc4ccc(Cl)cc4)c2C3=O)cc1. The minimum Gasteiger partial charge on any atom is -0.289 e. The topological polar surface area (TPSA) is 34.1 Å². The summed E-state index contributed by atoms with van der Waals surface area (Å²) in [6.45, 7) is 13.2. The van der Waals surface area contributed by atoms with Crippen molar-refractivity contribution < 1.29 is 9.59 Å². The lowest BCUT2D eigenvalue weighted by molar-refractivity contribution is 0.0972. The first-order chi connectivity index (χ1) is 21.8. The maximum absolute atomic E-state index is 14.7. The van der Waals surface area contributed by atoms with Crippen LogP contribution in [0, 0.1) is 0 Å². The zero-order valence-corrected chi connectivity index (χ0v) is 29.9. The van der Waals surface area contributed by atoms with Gasteiger partial charge in [-0.1, -0.05) is 125 Å². The summed E-state index contributed by atoms with van der Waals surface area (Å²) in [4.78, 5) is 34.4. The van der Waals surface area contributed by atoms with E-state index in [0.29, 0.717) is 27.3 Å². The number of fused-ring (bicyclic) bond motifs is 2. The summed E-state index contributed by atoms with van der Waals surface area (Å²) in [5, 5.41) is 0.648. The van der Waals surface area contributed by atoms with Crippen molar-refractivity contribution in [2.45, 2.75) is 81.7 Å². The first-order valence-electron chi connectivity index (χ1n) is 15.2. The summed E-state index contributed by atoms with van der Waals surface area (Å²) >= 11 is 10.7. The average molecular weight is 679 g/mol. The first-order valence-corrected chi connectivity index (χ1v) is 18.0. The number of hydrogen-bond acceptors (Lipinski definition) is 5. The van der Waals surface area contributed by atoms with Crippen molar-refractivity contribution in [3.8, 4) is 0 Å². The summed E-state index contributed by atoms with van der Waals surface area (Å²) in [5.74, 6) is -0.247. The molecule has 0 radical (unpaired) electrons. The van der Waals surface area contributed by atoms with Crippen LogP contribution in [0.15, 0.2) is 133 Å². The fraction of sp³-hybridized carbons (Fsp3) is 0.200. The number of halogens is 1. The second-order valence-electron chi connectivity index (χ2n) is 13.5. The molecule has 0 unspecified atom stereocenters. The Kier molecular flexibility index (Phi) is 9.08. The molecule has 0 spiro atoms. The molecule has 232 valence electrons. The smallest absolute Gasteiger partial charge is 0.196 e. The second kappa shape index (κ2) is 12.8. The van der Waals surface area contributed by atoms with Crippen LogP contribution in [0.1, 0.15) is 84.5 Å². The van der Waals surface area contributed by atoms with Crippen molar-refractivity contribution in [2.75, 3.05) is 0 Å². The molecule has 0 saturated heterocycles. The molecule has 46 heavy (non-hydrogen) atoms. The Balaban J connectivity index is 1.45. The largest absolute Gasteiger partial charge is 0.289 e. The number of carbonyl (C=O) groups excluding carboxylic acids is 2. The molecular weight excluding hydrogens is 644 g/mol. The molecule has 2 nitrogen and oxygen atoms in total. The Bertz CT molecular complexity index is 1950. The number of rotatable bonds is 6. The van der Waals surface area contributed by atoms with E-state index in [4.69, 9.17) is 11.6 Å². The maximum Gasteiger partial charge on any atom is 0.196 e. The molecule has 0 aromatic heterocycles. The molecule has 5 aromatic carbocycles. The van der Waals surface area contributed by atoms with Crippen molar-refractivity contribution >= 4 is 58.5 Å². The molecule has 0 saturated carbocycles. The van der Waals surface area contributed by atoms with Gasteiger partial charge in [0, 0.05) is 56.6 Å². The third kappa shape index (κ3) is 6.75. The molecular formula is C40H35ClO2S3. The van der Waals surface area contributed by atoms with E-state index < -0.39 is 0 Å². The Hall–Kier alpha value is -3.22. The zero-order chi connectivity index (χ0) is 32.8. The van der Waals surface area contributed by atoms with E-state index in [1.165, 1.54) is 46.4 Å². The van der Waals surface area contributed by atoms with Gasteiger partial charge in [0.1, 0.15) is 0 Å². The minimum absolute atomic E-state index is 0.0383. The van der Waals surface area contributed by atoms with E-state index in [1.807, 2.05) is 48.5 Å². The lowest BCUT2D eigenvalue weighted by Gasteiger charge is -2.24. The quantitative estimate of drug-likeness (QED) is 0.175. The third-order valence-electron chi connectivity index (χ3n) is 8.02. The lowest BCUT2D eigenvalue weighted by Crippen LogP contribution is -2.23. The summed E-state index contributed by atoms with van der Waals surface area (Å²) < 4.78 is 0. The predicted molar refractivity (Wildman–Crippen MR) is 194 cm³/mol. The van der Waals surface area contributed by atoms with Crippen molar-refractivity contribution in [3.05, 3.63) is 142 Å². The van der Waals surface area contributed by atoms with E-state index >= 15 is 0 Å². The van der Waals surface area contributed by atoms with Gasteiger partial charge in [0.25, 0.3) is 0 Å². The molecule has 0 aliphatic heterocycles. The minimum atomic E-state index is -0.124. The van der Waals surface area contributed by atoms with Gasteiger partial charge in [0.2, 0.25) is 0 Å². The van der Waals surface area contributed by atoms with Crippen LogP contribution in [-0.4, -0.2) is 11.6 Å². The van der Waals surface area contributed by atoms with Gasteiger partial charge in [0.05, 0.1) is 0 Å². The van der Waals surface area contributed by atoms with Gasteiger partial charge in [0.15, 0.2) is 11.6 Å². The van der Waals surface area contributed by atoms with Crippen molar-refractivity contribution in [2.24, 2.45) is 0 Å². The van der Waals surface area contributed by atoms with Crippen LogP contribution in [-0.2, 0) is 10.8 Å². The number of hydrogen-bond donors (Lipinski definition) is 0. The molecule has 6 heteroatoms. The molecule has 5 aromatic rings. The van der Waals surface area contributed by atoms with E-state index in [9.17, 15) is 9.59 Å². The summed E-state index contributed by atoms with van der Waals surface area (Å²) in [7, 11) is 0. The molecule has 1 aliphatic rings. The molecule has 0 atom stereocenters. The van der Waals surface area contributed by atoms with Crippen molar-refractivity contribution in [3.63, 3.8) is 0 Å². The summed E-state index contributed by atoms with van der Waals surface area (Å²) in [6.07, 6.45) is 0. The van der Waals surface area contributed by atoms with Gasteiger partial charge in [-0.25, -0.2) is 0 Å². The van der Waals surface area contributed by atoms with Crippen LogP contribution in [0.2, 0.25) is 5.02 Å². The molecule has 1 aliphatic carbocycles. The summed E-state index contributed by atoms with van der Waals surface area (Å²) in [6, 6.07) is 34.0. The average Bonchev–Trinajstić information content (AvgIpc) is 3.01. The van der Waals surface area contributed by atoms with E-state index in [-0.39, 0.29) is 22.4 Å². The molecule has 0 amide bonds. The summed E-state index contributed by atoms with van der Waals surface area (Å²) in [5.41, 5.74) is 4.42. The van der Waals surface area contributed by atoms with Gasteiger partial charge in [-0.15, -0.1) is 0 Å². The van der Waals surface area contributed by atoms with Gasteiger partial charge in [-0.2, -0.15) is 0 Å². The molecule has 0 N–H and O–H groups in total. The number of ketones is 2. The van der Waals surface area contributed by atoms with Crippen LogP contribution in [0.25, 0.3) is 0 Å². The van der Waals surface area contributed by atoms with Crippen LogP contribution in [0.4, 0.5) is 0 Å². The normalized spacial score (nSPS) is 13.0. The second-order valence-corrected chi connectivity index (χ2v) is 17.2. The fourth-order valence-corrected chi connectivity index (χ4v) is 8.44. The zero-order valence-electron chi connectivity index (χ0n) is 26.7. The predicted octanol–water partition coefficient (Wildman–Crippen LogP) is 12.2. The van der Waals surface area contributed by atoms with Crippen LogP contribution < -0.4 is 0 Å². The van der Waals surface area contributed by atoms with E-state index in [1.54, 1.807) is 6.07 Å². The fourth-order valence-electron chi connectivity index (χ4n) is 5.41. The Morgan fingerprint density at radius 1 is 0.457 bits per heavy atom. The molecule has 6 rings (SSSR count). The standard InChI is InChI=1S/C40H35ClO2S3/c1-39(2,3)24-10-16-27(17-11-24)45-32-22-23-33(46-28-18-12-25(13-19-28)40(4,5)6)36-35(32)37(42)30-8-7-9-31(34(30)38(36)43)44-29-20-14-26(41)15-21-29/h7-23H,1-6H3. The van der Waals surface area contributed by atoms with E-state index in [0.717, 1.165) is 29.4 Å². The highest BCUT2D eigenvalue weighted by Gasteiger charge is 2.36. The van der Waals surface area contributed by atoms with Crippen molar-refractivity contribution in [1.82, 2.24) is 0 Å². The van der Waals surface area contributed by atoms with Gasteiger partial charge in [-0.3, -0.25) is 9.59 Å². The Morgan fingerprint density at radius 2 is 0.848 bits per heavy atom. The van der Waals surface area contributed by atoms with Gasteiger partial charge in [-0.05, 0) is 88.7 Å². The Morgan fingerprint density at radius 3 is 1.28 bits per heavy atom. The number of benzene rings is 5. The van der Waals surface area contributed by atoms with E-state index in [2.05, 4.69) is 90.1 Å². The molecule has 0 heterocycles. The highest BCUT2D eigenvalue weighted by Crippen LogP contribution is 2.45. The molecule has 0 fully saturated rings. The lowest BCUT2D eigenvalue weighted by atomic mass is 9.84.